The largest absolute Gasteiger partial charge is 0.352 e. The van der Waals surface area contributed by atoms with Crippen molar-refractivity contribution in [1.82, 2.24) is 10.2 Å². The molecule has 1 N–H and O–H groups in total. The molecule has 0 aromatic heterocycles. The molecule has 39 heavy (non-hydrogen) atoms. The predicted octanol–water partition coefficient (Wildman–Crippen LogP) is 5.39. The summed E-state index contributed by atoms with van der Waals surface area (Å²) in [6.45, 7) is 2.47. The molecule has 8 heteroatoms. The summed E-state index contributed by atoms with van der Waals surface area (Å²) in [7, 11) is -3.67. The van der Waals surface area contributed by atoms with Gasteiger partial charge in [0, 0.05) is 30.9 Å². The zero-order valence-electron chi connectivity index (χ0n) is 22.5. The van der Waals surface area contributed by atoms with Crippen LogP contribution in [-0.4, -0.2) is 43.8 Å². The van der Waals surface area contributed by atoms with E-state index >= 15 is 0 Å². The highest BCUT2D eigenvalue weighted by Crippen LogP contribution is 2.42. The van der Waals surface area contributed by atoms with Crippen LogP contribution >= 0.6 is 0 Å². The van der Waals surface area contributed by atoms with Gasteiger partial charge in [0.1, 0.15) is 6.04 Å². The van der Waals surface area contributed by atoms with E-state index < -0.39 is 16.1 Å². The molecule has 1 atom stereocenters. The van der Waals surface area contributed by atoms with Crippen molar-refractivity contribution in [2.75, 3.05) is 10.8 Å². The summed E-state index contributed by atoms with van der Waals surface area (Å²) in [5, 5.41) is 4.83. The van der Waals surface area contributed by atoms with E-state index in [1.54, 1.807) is 17.0 Å². The molecule has 0 radical (unpaired) electrons. The minimum absolute atomic E-state index is 0.0991. The third-order valence-corrected chi connectivity index (χ3v) is 9.82. The molecule has 1 aliphatic carbocycles. The van der Waals surface area contributed by atoms with Crippen molar-refractivity contribution in [2.45, 2.75) is 81.8 Å². The lowest BCUT2D eigenvalue weighted by Gasteiger charge is -2.33. The van der Waals surface area contributed by atoms with E-state index in [2.05, 4.69) is 5.32 Å². The number of rotatable bonds is 10. The Labute approximate surface area is 231 Å². The lowest BCUT2D eigenvalue weighted by molar-refractivity contribution is -0.141. The van der Waals surface area contributed by atoms with Crippen LogP contribution in [0, 0.1) is 0 Å². The Morgan fingerprint density at radius 3 is 2.41 bits per heavy atom. The summed E-state index contributed by atoms with van der Waals surface area (Å²) in [4.78, 5) is 29.1. The zero-order chi connectivity index (χ0) is 27.4. The third kappa shape index (κ3) is 5.66. The summed E-state index contributed by atoms with van der Waals surface area (Å²) in [6, 6.07) is 20.2. The number of benzene rings is 3. The number of sulfonamides is 1. The van der Waals surface area contributed by atoms with Crippen molar-refractivity contribution in [2.24, 2.45) is 0 Å². The Morgan fingerprint density at radius 1 is 0.974 bits per heavy atom. The molecule has 0 bridgehead atoms. The monoisotopic (exact) mass is 547 g/mol. The summed E-state index contributed by atoms with van der Waals surface area (Å²) in [5.41, 5.74) is 1.62. The van der Waals surface area contributed by atoms with Gasteiger partial charge in [-0.3, -0.25) is 13.9 Å². The van der Waals surface area contributed by atoms with Gasteiger partial charge in [-0.05, 0) is 48.8 Å². The van der Waals surface area contributed by atoms with Gasteiger partial charge in [0.25, 0.3) is 10.0 Å². The van der Waals surface area contributed by atoms with E-state index in [-0.39, 0.29) is 30.8 Å². The van der Waals surface area contributed by atoms with Gasteiger partial charge in [-0.2, -0.15) is 0 Å². The molecule has 0 saturated heterocycles. The highest BCUT2D eigenvalue weighted by Gasteiger charge is 2.36. The average molecular weight is 548 g/mol. The SMILES string of the molecule is CC[C@H](C(=O)NC1CCCCC1)N(Cc1ccccc1)C(=O)CCCN1c2cccc3cccc(c23)S1(=O)=O. The van der Waals surface area contributed by atoms with Crippen LogP contribution in [-0.2, 0) is 26.2 Å². The molecule has 2 amide bonds. The lowest BCUT2D eigenvalue weighted by atomic mass is 9.95. The van der Waals surface area contributed by atoms with Crippen LogP contribution < -0.4 is 9.62 Å². The van der Waals surface area contributed by atoms with Crippen LogP contribution in [0.15, 0.2) is 71.6 Å². The molecule has 7 nitrogen and oxygen atoms in total. The van der Waals surface area contributed by atoms with E-state index in [9.17, 15) is 18.0 Å². The van der Waals surface area contributed by atoms with Crippen LogP contribution in [0.25, 0.3) is 10.8 Å². The molecule has 1 saturated carbocycles. The number of carbonyl (C=O) groups excluding carboxylic acids is 2. The van der Waals surface area contributed by atoms with Crippen LogP contribution in [0.2, 0.25) is 0 Å². The molecule has 0 spiro atoms. The number of nitrogens with zero attached hydrogens (tertiary/aromatic N) is 2. The normalized spacial score (nSPS) is 17.2. The minimum Gasteiger partial charge on any atom is -0.352 e. The summed E-state index contributed by atoms with van der Waals surface area (Å²) >= 11 is 0. The molecule has 1 fully saturated rings. The molecule has 206 valence electrons. The molecule has 5 rings (SSSR count). The van der Waals surface area contributed by atoms with Crippen molar-refractivity contribution in [3.63, 3.8) is 0 Å². The second-order valence-electron chi connectivity index (χ2n) is 10.6. The first-order valence-corrected chi connectivity index (χ1v) is 15.5. The molecule has 1 heterocycles. The van der Waals surface area contributed by atoms with E-state index in [0.29, 0.717) is 30.0 Å². The fourth-order valence-corrected chi connectivity index (χ4v) is 7.71. The van der Waals surface area contributed by atoms with Gasteiger partial charge < -0.3 is 10.2 Å². The first kappa shape index (κ1) is 27.2. The van der Waals surface area contributed by atoms with Crippen LogP contribution in [0.3, 0.4) is 0 Å². The van der Waals surface area contributed by atoms with Gasteiger partial charge in [0.05, 0.1) is 10.6 Å². The summed E-state index contributed by atoms with van der Waals surface area (Å²) in [6.07, 6.45) is 6.41. The Hall–Kier alpha value is -3.39. The number of hydrogen-bond donors (Lipinski definition) is 1. The van der Waals surface area contributed by atoms with Crippen LogP contribution in [0.4, 0.5) is 5.69 Å². The first-order chi connectivity index (χ1) is 18.9. The quantitative estimate of drug-likeness (QED) is 0.369. The molecule has 0 unspecified atom stereocenters. The van der Waals surface area contributed by atoms with Gasteiger partial charge in [-0.1, -0.05) is 80.8 Å². The molecule has 3 aromatic rings. The second-order valence-corrected chi connectivity index (χ2v) is 12.4. The Bertz CT molecular complexity index is 1430. The fraction of sp³-hybridized carbons (Fsp3) is 0.419. The number of hydrogen-bond acceptors (Lipinski definition) is 4. The standard InChI is InChI=1S/C31H37N3O4S/c1-2-26(31(36)32-25-16-7-4-8-17-25)33(22-23-12-5-3-6-13-23)29(35)20-11-21-34-27-18-9-14-24-15-10-19-28(30(24)27)39(34,37)38/h3,5-6,9-10,12-15,18-19,25-26H,2,4,7-8,11,16-17,20-22H2,1H3,(H,32,36)/t26-/m1/s1. The number of carbonyl (C=O) groups is 2. The molecule has 2 aliphatic rings. The lowest BCUT2D eigenvalue weighted by Crippen LogP contribution is -2.51. The average Bonchev–Trinajstić information content (AvgIpc) is 3.17. The van der Waals surface area contributed by atoms with Gasteiger partial charge in [0.15, 0.2) is 0 Å². The van der Waals surface area contributed by atoms with E-state index in [4.69, 9.17) is 0 Å². The maximum Gasteiger partial charge on any atom is 0.265 e. The van der Waals surface area contributed by atoms with E-state index in [1.807, 2.05) is 61.5 Å². The highest BCUT2D eigenvalue weighted by molar-refractivity contribution is 7.93. The second kappa shape index (κ2) is 11.8. The zero-order valence-corrected chi connectivity index (χ0v) is 23.3. The first-order valence-electron chi connectivity index (χ1n) is 14.1. The topological polar surface area (TPSA) is 86.8 Å². The molecular weight excluding hydrogens is 510 g/mol. The Morgan fingerprint density at radius 2 is 1.69 bits per heavy atom. The van der Waals surface area contributed by atoms with Crippen molar-refractivity contribution in [3.8, 4) is 0 Å². The van der Waals surface area contributed by atoms with Gasteiger partial charge in [0.2, 0.25) is 11.8 Å². The Kier molecular flexibility index (Phi) is 8.21. The predicted molar refractivity (Wildman–Crippen MR) is 154 cm³/mol. The van der Waals surface area contributed by atoms with Crippen LogP contribution in [0.5, 0.6) is 0 Å². The van der Waals surface area contributed by atoms with Crippen molar-refractivity contribution in [3.05, 3.63) is 72.3 Å². The van der Waals surface area contributed by atoms with Crippen molar-refractivity contribution in [1.29, 1.82) is 0 Å². The Balaban J connectivity index is 1.30. The van der Waals surface area contributed by atoms with Gasteiger partial charge in [-0.15, -0.1) is 0 Å². The van der Waals surface area contributed by atoms with Crippen LogP contribution in [0.1, 0.15) is 63.9 Å². The maximum atomic E-state index is 13.7. The third-order valence-electron chi connectivity index (χ3n) is 7.97. The number of amides is 2. The smallest absolute Gasteiger partial charge is 0.265 e. The van der Waals surface area contributed by atoms with E-state index in [1.165, 1.54) is 10.7 Å². The van der Waals surface area contributed by atoms with Crippen molar-refractivity contribution >= 4 is 38.3 Å². The highest BCUT2D eigenvalue weighted by atomic mass is 32.2. The molecular formula is C31H37N3O4S. The molecule has 1 aliphatic heterocycles. The van der Waals surface area contributed by atoms with Gasteiger partial charge in [-0.25, -0.2) is 8.42 Å². The molecule has 3 aromatic carbocycles. The number of nitrogens with one attached hydrogen (secondary N) is 1. The number of anilines is 1. The van der Waals surface area contributed by atoms with Crippen molar-refractivity contribution < 1.29 is 18.0 Å². The fourth-order valence-electron chi connectivity index (χ4n) is 5.96. The maximum absolute atomic E-state index is 13.7. The summed E-state index contributed by atoms with van der Waals surface area (Å²) < 4.78 is 28.1. The minimum atomic E-state index is -3.67. The van der Waals surface area contributed by atoms with Gasteiger partial charge >= 0.3 is 0 Å². The van der Waals surface area contributed by atoms with E-state index in [0.717, 1.165) is 42.0 Å². The summed E-state index contributed by atoms with van der Waals surface area (Å²) in [5.74, 6) is -0.241.